The maximum atomic E-state index is 13.2. The number of aryl methyl sites for hydroxylation is 1. The Morgan fingerprint density at radius 2 is 2.03 bits per heavy atom. The molecule has 0 spiro atoms. The molecule has 0 radical (unpaired) electrons. The highest BCUT2D eigenvalue weighted by Gasteiger charge is 2.58. The number of rotatable bonds is 6. The number of ether oxygens (including phenoxy) is 1. The van der Waals surface area contributed by atoms with Crippen molar-refractivity contribution < 1.29 is 14.3 Å². The van der Waals surface area contributed by atoms with Gasteiger partial charge in [-0.2, -0.15) is 5.10 Å². The third-order valence-electron chi connectivity index (χ3n) is 6.32. The van der Waals surface area contributed by atoms with Crippen LogP contribution in [0.2, 0.25) is 0 Å². The van der Waals surface area contributed by atoms with Crippen molar-refractivity contribution in [3.8, 4) is 11.4 Å². The molecule has 5 rings (SSSR count). The maximum Gasteiger partial charge on any atom is 0.274 e. The summed E-state index contributed by atoms with van der Waals surface area (Å²) in [6, 6.07) is 5.72. The largest absolute Gasteiger partial charge is 0.379 e. The summed E-state index contributed by atoms with van der Waals surface area (Å²) in [5.74, 6) is -0.210. The molecule has 2 fully saturated rings. The summed E-state index contributed by atoms with van der Waals surface area (Å²) >= 11 is 0. The van der Waals surface area contributed by atoms with Crippen LogP contribution >= 0.6 is 0 Å². The van der Waals surface area contributed by atoms with Gasteiger partial charge in [-0.1, -0.05) is 6.07 Å². The first-order valence-electron chi connectivity index (χ1n) is 10.5. The Morgan fingerprint density at radius 3 is 2.73 bits per heavy atom. The van der Waals surface area contributed by atoms with Crippen molar-refractivity contribution in [1.82, 2.24) is 29.9 Å². The third kappa shape index (κ3) is 3.27. The van der Waals surface area contributed by atoms with Gasteiger partial charge < -0.3 is 15.0 Å². The van der Waals surface area contributed by atoms with E-state index in [2.05, 4.69) is 20.3 Å². The average Bonchev–Trinajstić information content (AvgIpc) is 3.36. The van der Waals surface area contributed by atoms with Gasteiger partial charge in [0, 0.05) is 51.5 Å². The van der Waals surface area contributed by atoms with Crippen LogP contribution in [0.25, 0.3) is 11.4 Å². The minimum Gasteiger partial charge on any atom is -0.379 e. The first-order valence-corrected chi connectivity index (χ1v) is 10.5. The van der Waals surface area contributed by atoms with Crippen LogP contribution in [0.4, 0.5) is 0 Å². The summed E-state index contributed by atoms with van der Waals surface area (Å²) in [7, 11) is 1.85. The second kappa shape index (κ2) is 7.48. The van der Waals surface area contributed by atoms with E-state index in [9.17, 15) is 9.59 Å². The SMILES string of the molecule is Cn1nccc1-c1ccc2c(n1)C(=O)N(C1(C(=O)NCCN3CCOCC3)CC1)C2. The molecule has 9 heteroatoms. The molecule has 2 amide bonds. The van der Waals surface area contributed by atoms with Gasteiger partial charge in [0.05, 0.1) is 24.6 Å². The van der Waals surface area contributed by atoms with Gasteiger partial charge in [-0.05, 0) is 25.0 Å². The van der Waals surface area contributed by atoms with E-state index in [1.165, 1.54) is 0 Å². The van der Waals surface area contributed by atoms with Gasteiger partial charge in [0.25, 0.3) is 5.91 Å². The van der Waals surface area contributed by atoms with Crippen molar-refractivity contribution in [1.29, 1.82) is 0 Å². The summed E-state index contributed by atoms with van der Waals surface area (Å²) in [5, 5.41) is 7.22. The zero-order valence-electron chi connectivity index (χ0n) is 17.1. The van der Waals surface area contributed by atoms with Crippen molar-refractivity contribution in [3.63, 3.8) is 0 Å². The maximum absolute atomic E-state index is 13.2. The molecule has 0 atom stereocenters. The van der Waals surface area contributed by atoms with Gasteiger partial charge in [-0.15, -0.1) is 0 Å². The molecule has 30 heavy (non-hydrogen) atoms. The van der Waals surface area contributed by atoms with Gasteiger partial charge in [0.1, 0.15) is 11.2 Å². The Labute approximate surface area is 175 Å². The Hall–Kier alpha value is -2.78. The standard InChI is InChI=1S/C21H26N6O3/c1-25-17(4-7-23-25)16-3-2-15-14-27(19(28)18(15)24-16)21(5-6-21)20(29)22-8-9-26-10-12-30-13-11-26/h2-4,7H,5-6,8-14H2,1H3,(H,22,29). The van der Waals surface area contributed by atoms with E-state index >= 15 is 0 Å². The van der Waals surface area contributed by atoms with Crippen LogP contribution in [0.3, 0.4) is 0 Å². The number of aromatic nitrogens is 3. The number of fused-ring (bicyclic) bond motifs is 1. The monoisotopic (exact) mass is 410 g/mol. The molecule has 2 aliphatic heterocycles. The van der Waals surface area contributed by atoms with Crippen LogP contribution in [-0.4, -0.2) is 81.3 Å². The Kier molecular flexibility index (Phi) is 4.79. The van der Waals surface area contributed by atoms with Crippen LogP contribution in [0.5, 0.6) is 0 Å². The average molecular weight is 410 g/mol. The van der Waals surface area contributed by atoms with E-state index in [1.54, 1.807) is 15.8 Å². The number of morpholine rings is 1. The molecule has 1 saturated carbocycles. The van der Waals surface area contributed by atoms with Gasteiger partial charge in [-0.25, -0.2) is 4.98 Å². The molecule has 9 nitrogen and oxygen atoms in total. The Bertz CT molecular complexity index is 977. The van der Waals surface area contributed by atoms with Crippen molar-refractivity contribution >= 4 is 11.8 Å². The topological polar surface area (TPSA) is 92.6 Å². The normalized spacial score (nSPS) is 20.3. The number of pyridine rings is 1. The molecule has 1 N–H and O–H groups in total. The quantitative estimate of drug-likeness (QED) is 0.742. The number of amides is 2. The van der Waals surface area contributed by atoms with Gasteiger partial charge >= 0.3 is 0 Å². The Balaban J connectivity index is 1.26. The zero-order valence-corrected chi connectivity index (χ0v) is 17.1. The highest BCUT2D eigenvalue weighted by Crippen LogP contribution is 2.45. The molecule has 158 valence electrons. The van der Waals surface area contributed by atoms with E-state index in [1.807, 2.05) is 25.2 Å². The number of carbonyl (C=O) groups is 2. The van der Waals surface area contributed by atoms with E-state index in [4.69, 9.17) is 4.74 Å². The van der Waals surface area contributed by atoms with Gasteiger partial charge in [0.2, 0.25) is 5.91 Å². The summed E-state index contributed by atoms with van der Waals surface area (Å²) in [5.41, 5.74) is 2.16. The minimum atomic E-state index is -0.727. The zero-order chi connectivity index (χ0) is 20.7. The molecule has 3 aliphatic rings. The highest BCUT2D eigenvalue weighted by atomic mass is 16.5. The lowest BCUT2D eigenvalue weighted by Gasteiger charge is -2.29. The molecule has 4 heterocycles. The third-order valence-corrected chi connectivity index (χ3v) is 6.32. The molecular formula is C21H26N6O3. The predicted octanol–water partition coefficient (Wildman–Crippen LogP) is 0.419. The molecule has 1 saturated heterocycles. The number of hydrogen-bond acceptors (Lipinski definition) is 6. The van der Waals surface area contributed by atoms with E-state index in [0.29, 0.717) is 37.3 Å². The van der Waals surface area contributed by atoms with Gasteiger partial charge in [-0.3, -0.25) is 19.2 Å². The summed E-state index contributed by atoms with van der Waals surface area (Å²) < 4.78 is 7.09. The summed E-state index contributed by atoms with van der Waals surface area (Å²) in [6.07, 6.45) is 3.11. The summed E-state index contributed by atoms with van der Waals surface area (Å²) in [4.78, 5) is 34.7. The number of nitrogens with zero attached hydrogens (tertiary/aromatic N) is 5. The van der Waals surface area contributed by atoms with Crippen LogP contribution in [0, 0.1) is 0 Å². The lowest BCUT2D eigenvalue weighted by molar-refractivity contribution is -0.127. The molecule has 2 aromatic rings. The molecule has 0 bridgehead atoms. The van der Waals surface area contributed by atoms with Crippen molar-refractivity contribution in [2.75, 3.05) is 39.4 Å². The summed E-state index contributed by atoms with van der Waals surface area (Å²) in [6.45, 7) is 5.09. The second-order valence-corrected chi connectivity index (χ2v) is 8.18. The lowest BCUT2D eigenvalue weighted by atomic mass is 10.2. The molecule has 1 aliphatic carbocycles. The first kappa shape index (κ1) is 19.2. The van der Waals surface area contributed by atoms with Crippen LogP contribution in [-0.2, 0) is 23.1 Å². The van der Waals surface area contributed by atoms with E-state index in [0.717, 1.165) is 44.1 Å². The molecule has 0 unspecified atom stereocenters. The van der Waals surface area contributed by atoms with Crippen molar-refractivity contribution in [2.24, 2.45) is 7.05 Å². The van der Waals surface area contributed by atoms with E-state index in [-0.39, 0.29) is 11.8 Å². The highest BCUT2D eigenvalue weighted by molar-refractivity contribution is 6.02. The van der Waals surface area contributed by atoms with Crippen molar-refractivity contribution in [3.05, 3.63) is 35.7 Å². The van der Waals surface area contributed by atoms with E-state index < -0.39 is 5.54 Å². The van der Waals surface area contributed by atoms with Gasteiger partial charge in [0.15, 0.2) is 0 Å². The fourth-order valence-corrected chi connectivity index (χ4v) is 4.34. The first-order chi connectivity index (χ1) is 14.6. The second-order valence-electron chi connectivity index (χ2n) is 8.18. The number of carbonyl (C=O) groups excluding carboxylic acids is 2. The van der Waals surface area contributed by atoms with Crippen LogP contribution in [0.15, 0.2) is 24.4 Å². The number of nitrogens with one attached hydrogen (secondary N) is 1. The van der Waals surface area contributed by atoms with Crippen LogP contribution < -0.4 is 5.32 Å². The minimum absolute atomic E-state index is 0.0521. The smallest absolute Gasteiger partial charge is 0.274 e. The number of hydrogen-bond donors (Lipinski definition) is 1. The predicted molar refractivity (Wildman–Crippen MR) is 109 cm³/mol. The Morgan fingerprint density at radius 1 is 1.23 bits per heavy atom. The molecular weight excluding hydrogens is 384 g/mol. The lowest BCUT2D eigenvalue weighted by Crippen LogP contribution is -2.51. The molecule has 2 aromatic heterocycles. The molecule has 0 aromatic carbocycles. The van der Waals surface area contributed by atoms with Crippen LogP contribution in [0.1, 0.15) is 28.9 Å². The fraction of sp³-hybridized carbons (Fsp3) is 0.524. The fourth-order valence-electron chi connectivity index (χ4n) is 4.34. The van der Waals surface area contributed by atoms with Crippen molar-refractivity contribution in [2.45, 2.75) is 24.9 Å².